The fraction of sp³-hybridized carbons (Fsp3) is 0.632. The van der Waals surface area contributed by atoms with Crippen LogP contribution in [0.15, 0.2) is 34.2 Å². The molecule has 2 aliphatic rings. The number of sulfonamides is 1. The summed E-state index contributed by atoms with van der Waals surface area (Å²) in [6, 6.07) is 7.06. The largest absolute Gasteiger partial charge is 0.370 e. The van der Waals surface area contributed by atoms with Crippen LogP contribution in [0.1, 0.15) is 44.6 Å². The Kier molecular flexibility index (Phi) is 8.36. The van der Waals surface area contributed by atoms with Gasteiger partial charge < -0.3 is 10.6 Å². The van der Waals surface area contributed by atoms with Gasteiger partial charge in [-0.1, -0.05) is 25.5 Å². The number of hydrogen-bond acceptors (Lipinski definition) is 3. The third-order valence-corrected chi connectivity index (χ3v) is 7.19. The van der Waals surface area contributed by atoms with Gasteiger partial charge in [0.2, 0.25) is 10.0 Å². The average molecular weight is 506 g/mol. The van der Waals surface area contributed by atoms with Crippen LogP contribution in [0.25, 0.3) is 0 Å². The lowest BCUT2D eigenvalue weighted by Crippen LogP contribution is -2.43. The zero-order valence-corrected chi connectivity index (χ0v) is 19.2. The van der Waals surface area contributed by atoms with Gasteiger partial charge in [-0.2, -0.15) is 4.31 Å². The number of halogens is 1. The molecule has 0 spiro atoms. The van der Waals surface area contributed by atoms with E-state index >= 15 is 0 Å². The van der Waals surface area contributed by atoms with Gasteiger partial charge in [-0.3, -0.25) is 0 Å². The highest BCUT2D eigenvalue weighted by Gasteiger charge is 2.25. The molecule has 1 aromatic rings. The fourth-order valence-corrected chi connectivity index (χ4v) is 5.21. The number of nitrogens with two attached hydrogens (primary N) is 1. The molecule has 1 aromatic carbocycles. The summed E-state index contributed by atoms with van der Waals surface area (Å²) in [6.45, 7) is 5.88. The van der Waals surface area contributed by atoms with E-state index < -0.39 is 10.0 Å². The van der Waals surface area contributed by atoms with Crippen LogP contribution in [-0.2, 0) is 16.6 Å². The molecule has 0 radical (unpaired) electrons. The first-order valence-corrected chi connectivity index (χ1v) is 11.0. The number of rotatable bonds is 4. The van der Waals surface area contributed by atoms with Gasteiger partial charge in [0.25, 0.3) is 0 Å². The van der Waals surface area contributed by atoms with Crippen molar-refractivity contribution < 1.29 is 8.42 Å². The van der Waals surface area contributed by atoms with Crippen molar-refractivity contribution >= 4 is 40.0 Å². The molecule has 2 saturated heterocycles. The van der Waals surface area contributed by atoms with Gasteiger partial charge in [0.15, 0.2) is 5.96 Å². The van der Waals surface area contributed by atoms with Crippen LogP contribution in [0.2, 0.25) is 0 Å². The van der Waals surface area contributed by atoms with Gasteiger partial charge >= 0.3 is 0 Å². The molecule has 0 amide bonds. The highest BCUT2D eigenvalue weighted by Crippen LogP contribution is 2.21. The van der Waals surface area contributed by atoms with Crippen LogP contribution in [0, 0.1) is 5.92 Å². The summed E-state index contributed by atoms with van der Waals surface area (Å²) in [5, 5.41) is 0. The molecule has 0 saturated carbocycles. The van der Waals surface area contributed by atoms with Gasteiger partial charge in [0.1, 0.15) is 0 Å². The first-order valence-electron chi connectivity index (χ1n) is 9.61. The minimum atomic E-state index is -3.37. The molecule has 0 aromatic heterocycles. The van der Waals surface area contributed by atoms with Crippen LogP contribution >= 0.6 is 24.0 Å². The van der Waals surface area contributed by atoms with Crippen molar-refractivity contribution in [1.29, 1.82) is 0 Å². The number of benzene rings is 1. The fourth-order valence-electron chi connectivity index (χ4n) is 3.69. The van der Waals surface area contributed by atoms with E-state index in [1.165, 1.54) is 6.42 Å². The van der Waals surface area contributed by atoms with Crippen LogP contribution in [0.4, 0.5) is 0 Å². The molecule has 6 nitrogen and oxygen atoms in total. The number of nitrogens with zero attached hydrogens (tertiary/aromatic N) is 3. The lowest BCUT2D eigenvalue weighted by Gasteiger charge is -2.31. The van der Waals surface area contributed by atoms with Crippen LogP contribution in [0.5, 0.6) is 0 Å². The van der Waals surface area contributed by atoms with Crippen molar-refractivity contribution in [2.75, 3.05) is 26.2 Å². The first-order chi connectivity index (χ1) is 12.5. The number of likely N-dealkylation sites (tertiary alicyclic amines) is 1. The summed E-state index contributed by atoms with van der Waals surface area (Å²) in [5.41, 5.74) is 7.10. The molecular formula is C19H31IN4O2S. The van der Waals surface area contributed by atoms with Crippen molar-refractivity contribution in [2.24, 2.45) is 16.6 Å². The van der Waals surface area contributed by atoms with Crippen LogP contribution < -0.4 is 5.73 Å². The summed E-state index contributed by atoms with van der Waals surface area (Å²) < 4.78 is 26.9. The van der Waals surface area contributed by atoms with E-state index in [0.717, 1.165) is 44.3 Å². The number of guanidine groups is 1. The third kappa shape index (κ3) is 5.80. The minimum absolute atomic E-state index is 0. The predicted octanol–water partition coefficient (Wildman–Crippen LogP) is 3.03. The normalized spacial score (nSPS) is 22.3. The quantitative estimate of drug-likeness (QED) is 0.387. The van der Waals surface area contributed by atoms with Crippen molar-refractivity contribution in [3.8, 4) is 0 Å². The van der Waals surface area contributed by atoms with Crippen molar-refractivity contribution in [2.45, 2.75) is 50.5 Å². The van der Waals surface area contributed by atoms with Gasteiger partial charge in [0.05, 0.1) is 11.4 Å². The van der Waals surface area contributed by atoms with Crippen LogP contribution in [-0.4, -0.2) is 49.8 Å². The molecule has 0 bridgehead atoms. The molecule has 27 heavy (non-hydrogen) atoms. The van der Waals surface area contributed by atoms with E-state index in [1.54, 1.807) is 16.4 Å². The maximum atomic E-state index is 12.7. The Morgan fingerprint density at radius 1 is 1.11 bits per heavy atom. The van der Waals surface area contributed by atoms with Gasteiger partial charge in [-0.05, 0) is 49.3 Å². The van der Waals surface area contributed by atoms with Crippen LogP contribution in [0.3, 0.4) is 0 Å². The monoisotopic (exact) mass is 506 g/mol. The second-order valence-electron chi connectivity index (χ2n) is 7.48. The Hall–Kier alpha value is -0.870. The highest BCUT2D eigenvalue weighted by atomic mass is 127. The van der Waals surface area contributed by atoms with Gasteiger partial charge in [0, 0.05) is 26.2 Å². The Morgan fingerprint density at radius 3 is 2.41 bits per heavy atom. The molecule has 2 fully saturated rings. The average Bonchev–Trinajstić information content (AvgIpc) is 2.67. The van der Waals surface area contributed by atoms with Crippen molar-refractivity contribution in [3.05, 3.63) is 29.8 Å². The Balaban J connectivity index is 0.00000261. The smallest absolute Gasteiger partial charge is 0.243 e. The lowest BCUT2D eigenvalue weighted by molar-refractivity contribution is 0.270. The maximum absolute atomic E-state index is 12.7. The topological polar surface area (TPSA) is 79.0 Å². The summed E-state index contributed by atoms with van der Waals surface area (Å²) >= 11 is 0. The van der Waals surface area contributed by atoms with E-state index in [1.807, 2.05) is 12.1 Å². The Morgan fingerprint density at radius 2 is 1.78 bits per heavy atom. The summed E-state index contributed by atoms with van der Waals surface area (Å²) in [7, 11) is -3.37. The van der Waals surface area contributed by atoms with Crippen molar-refractivity contribution in [1.82, 2.24) is 9.21 Å². The predicted molar refractivity (Wildman–Crippen MR) is 120 cm³/mol. The molecule has 152 valence electrons. The molecule has 1 atom stereocenters. The molecule has 8 heteroatoms. The van der Waals surface area contributed by atoms with E-state index in [2.05, 4.69) is 16.8 Å². The highest BCUT2D eigenvalue weighted by molar-refractivity contribution is 14.0. The lowest BCUT2D eigenvalue weighted by atomic mass is 10.0. The molecule has 2 N–H and O–H groups in total. The summed E-state index contributed by atoms with van der Waals surface area (Å²) in [4.78, 5) is 7.00. The van der Waals surface area contributed by atoms with E-state index in [-0.39, 0.29) is 24.0 Å². The van der Waals surface area contributed by atoms with E-state index in [4.69, 9.17) is 5.73 Å². The van der Waals surface area contributed by atoms with Gasteiger partial charge in [-0.15, -0.1) is 24.0 Å². The maximum Gasteiger partial charge on any atom is 0.243 e. The number of hydrogen-bond donors (Lipinski definition) is 1. The molecule has 2 aliphatic heterocycles. The second-order valence-corrected chi connectivity index (χ2v) is 9.41. The molecule has 1 unspecified atom stereocenters. The molecule has 2 heterocycles. The Labute approximate surface area is 180 Å². The standard InChI is InChI=1S/C19H30N4O2S.HI/c1-16-6-5-11-22(15-16)19(20)21-14-17-7-9-18(10-8-17)26(24,25)23-12-3-2-4-13-23;/h7-10,16H,2-6,11-15H2,1H3,(H2,20,21);1H. The summed E-state index contributed by atoms with van der Waals surface area (Å²) in [5.74, 6) is 1.23. The minimum Gasteiger partial charge on any atom is -0.370 e. The zero-order valence-electron chi connectivity index (χ0n) is 16.0. The summed E-state index contributed by atoms with van der Waals surface area (Å²) in [6.07, 6.45) is 5.40. The van der Waals surface area contributed by atoms with E-state index in [9.17, 15) is 8.42 Å². The third-order valence-electron chi connectivity index (χ3n) is 5.28. The second kappa shape index (κ2) is 10.1. The molecule has 3 rings (SSSR count). The first kappa shape index (κ1) is 22.4. The number of aliphatic imine (C=N–C) groups is 1. The Bertz CT molecular complexity index is 731. The van der Waals surface area contributed by atoms with Crippen molar-refractivity contribution in [3.63, 3.8) is 0 Å². The SMILES string of the molecule is CC1CCCN(C(N)=NCc2ccc(S(=O)(=O)N3CCCCC3)cc2)C1.I. The zero-order chi connectivity index (χ0) is 18.6. The molecular weight excluding hydrogens is 475 g/mol. The van der Waals surface area contributed by atoms with Gasteiger partial charge in [-0.25, -0.2) is 13.4 Å². The number of piperidine rings is 2. The van der Waals surface area contributed by atoms with E-state index in [0.29, 0.717) is 36.4 Å². The molecule has 0 aliphatic carbocycles.